The second-order valence-electron chi connectivity index (χ2n) is 6.29. The minimum absolute atomic E-state index is 0.150. The fourth-order valence-electron chi connectivity index (χ4n) is 3.31. The van der Waals surface area contributed by atoms with Crippen LogP contribution in [0.1, 0.15) is 34.1 Å². The molecule has 0 bridgehead atoms. The molecule has 0 aliphatic heterocycles. The number of thioether (sulfide) groups is 1. The van der Waals surface area contributed by atoms with Gasteiger partial charge in [-0.15, -0.1) is 21.5 Å². The summed E-state index contributed by atoms with van der Waals surface area (Å²) in [5.41, 5.74) is 7.00. The van der Waals surface area contributed by atoms with Crippen LogP contribution in [0.25, 0.3) is 11.6 Å². The second kappa shape index (κ2) is 7.80. The van der Waals surface area contributed by atoms with Gasteiger partial charge in [0.1, 0.15) is 5.00 Å². The molecule has 4 rings (SSSR count). The second-order valence-corrected chi connectivity index (χ2v) is 8.34. The molecule has 10 heteroatoms. The van der Waals surface area contributed by atoms with Crippen LogP contribution >= 0.6 is 23.1 Å². The third kappa shape index (κ3) is 3.45. The highest BCUT2D eigenvalue weighted by atomic mass is 32.2. The molecule has 3 aromatic rings. The van der Waals surface area contributed by atoms with Crippen molar-refractivity contribution in [1.29, 1.82) is 0 Å². The molecular formula is C18H19N5O3S2. The predicted molar refractivity (Wildman–Crippen MR) is 108 cm³/mol. The highest BCUT2D eigenvalue weighted by molar-refractivity contribution is 7.99. The van der Waals surface area contributed by atoms with Crippen molar-refractivity contribution in [2.24, 2.45) is 5.73 Å². The first-order valence-electron chi connectivity index (χ1n) is 8.92. The Labute approximate surface area is 169 Å². The SMILES string of the molecule is CCn1c(SCC(=O)Nc2sc3c(c2C(N)=O)CCC3)nnc1-c1ccco1. The lowest BCUT2D eigenvalue weighted by molar-refractivity contribution is -0.113. The molecule has 0 saturated carbocycles. The van der Waals surface area contributed by atoms with E-state index in [0.717, 1.165) is 29.7 Å². The molecule has 3 heterocycles. The van der Waals surface area contributed by atoms with Gasteiger partial charge < -0.3 is 15.5 Å². The van der Waals surface area contributed by atoms with Crippen LogP contribution in [-0.2, 0) is 24.2 Å². The van der Waals surface area contributed by atoms with Gasteiger partial charge in [0.2, 0.25) is 5.91 Å². The fourth-order valence-corrected chi connectivity index (χ4v) is 5.43. The van der Waals surface area contributed by atoms with Crippen molar-refractivity contribution in [2.75, 3.05) is 11.1 Å². The Kier molecular flexibility index (Phi) is 5.23. The molecule has 0 atom stereocenters. The van der Waals surface area contributed by atoms with Gasteiger partial charge in [-0.25, -0.2) is 0 Å². The monoisotopic (exact) mass is 417 g/mol. The summed E-state index contributed by atoms with van der Waals surface area (Å²) in [6, 6.07) is 3.61. The maximum absolute atomic E-state index is 12.5. The van der Waals surface area contributed by atoms with E-state index >= 15 is 0 Å². The number of thiophene rings is 1. The lowest BCUT2D eigenvalue weighted by Gasteiger charge is -2.07. The number of hydrogen-bond acceptors (Lipinski definition) is 7. The number of furan rings is 1. The van der Waals surface area contributed by atoms with Crippen molar-refractivity contribution in [3.05, 3.63) is 34.4 Å². The number of carbonyl (C=O) groups is 2. The van der Waals surface area contributed by atoms with Crippen LogP contribution in [0.2, 0.25) is 0 Å². The van der Waals surface area contributed by atoms with Crippen molar-refractivity contribution in [2.45, 2.75) is 37.9 Å². The predicted octanol–water partition coefficient (Wildman–Crippen LogP) is 2.94. The van der Waals surface area contributed by atoms with Crippen LogP contribution in [0, 0.1) is 0 Å². The summed E-state index contributed by atoms with van der Waals surface area (Å²) >= 11 is 2.74. The summed E-state index contributed by atoms with van der Waals surface area (Å²) in [6.07, 6.45) is 4.37. The maximum atomic E-state index is 12.5. The first kappa shape index (κ1) is 18.8. The quantitative estimate of drug-likeness (QED) is 0.571. The molecule has 3 aromatic heterocycles. The van der Waals surface area contributed by atoms with E-state index < -0.39 is 5.91 Å². The average Bonchev–Trinajstić information content (AvgIpc) is 3.41. The zero-order valence-electron chi connectivity index (χ0n) is 15.2. The first-order chi connectivity index (χ1) is 13.6. The standard InChI is InChI=1S/C18H19N5O3S2/c1-2-23-16(11-6-4-8-26-11)21-22-18(23)27-9-13(24)20-17-14(15(19)25)10-5-3-7-12(10)28-17/h4,6,8H,2-3,5,7,9H2,1H3,(H2,19,25)(H,20,24). The Bertz CT molecular complexity index is 1020. The third-order valence-electron chi connectivity index (χ3n) is 4.53. The summed E-state index contributed by atoms with van der Waals surface area (Å²) in [4.78, 5) is 25.5. The summed E-state index contributed by atoms with van der Waals surface area (Å²) in [7, 11) is 0. The van der Waals surface area contributed by atoms with Gasteiger partial charge in [-0.2, -0.15) is 0 Å². The number of primary amides is 1. The molecule has 0 aromatic carbocycles. The molecule has 1 aliphatic carbocycles. The van der Waals surface area contributed by atoms with E-state index in [1.54, 1.807) is 12.3 Å². The van der Waals surface area contributed by atoms with Crippen molar-refractivity contribution >= 4 is 39.9 Å². The van der Waals surface area contributed by atoms with Crippen LogP contribution in [0.4, 0.5) is 5.00 Å². The fraction of sp³-hybridized carbons (Fsp3) is 0.333. The van der Waals surface area contributed by atoms with Crippen LogP contribution in [0.5, 0.6) is 0 Å². The van der Waals surface area contributed by atoms with Crippen LogP contribution in [0.3, 0.4) is 0 Å². The normalized spacial score (nSPS) is 12.9. The lowest BCUT2D eigenvalue weighted by atomic mass is 10.1. The van der Waals surface area contributed by atoms with Crippen LogP contribution < -0.4 is 11.1 Å². The highest BCUT2D eigenvalue weighted by Gasteiger charge is 2.26. The minimum Gasteiger partial charge on any atom is -0.461 e. The van der Waals surface area contributed by atoms with E-state index in [4.69, 9.17) is 10.2 Å². The van der Waals surface area contributed by atoms with Crippen molar-refractivity contribution < 1.29 is 14.0 Å². The summed E-state index contributed by atoms with van der Waals surface area (Å²) in [5.74, 6) is 0.705. The van der Waals surface area contributed by atoms with Gasteiger partial charge >= 0.3 is 0 Å². The van der Waals surface area contributed by atoms with Gasteiger partial charge in [-0.05, 0) is 43.9 Å². The van der Waals surface area contributed by atoms with Crippen molar-refractivity contribution in [1.82, 2.24) is 14.8 Å². The minimum atomic E-state index is -0.490. The number of rotatable bonds is 7. The number of nitrogens with one attached hydrogen (secondary N) is 1. The number of aryl methyl sites for hydroxylation is 1. The molecule has 0 fully saturated rings. The molecule has 0 unspecified atom stereocenters. The Morgan fingerprint density at radius 3 is 2.96 bits per heavy atom. The topological polar surface area (TPSA) is 116 Å². The van der Waals surface area contributed by atoms with E-state index in [1.807, 2.05) is 17.6 Å². The number of nitrogens with two attached hydrogens (primary N) is 1. The zero-order chi connectivity index (χ0) is 19.7. The zero-order valence-corrected chi connectivity index (χ0v) is 16.9. The summed E-state index contributed by atoms with van der Waals surface area (Å²) in [5, 5.41) is 12.4. The Morgan fingerprint density at radius 1 is 1.39 bits per heavy atom. The smallest absolute Gasteiger partial charge is 0.251 e. The molecule has 0 saturated heterocycles. The first-order valence-corrected chi connectivity index (χ1v) is 10.7. The van der Waals surface area contributed by atoms with Gasteiger partial charge in [0.15, 0.2) is 16.7 Å². The van der Waals surface area contributed by atoms with E-state index in [1.165, 1.54) is 23.1 Å². The molecule has 3 N–H and O–H groups in total. The van der Waals surface area contributed by atoms with E-state index in [2.05, 4.69) is 15.5 Å². The van der Waals surface area contributed by atoms with Crippen LogP contribution in [0.15, 0.2) is 28.0 Å². The Morgan fingerprint density at radius 2 is 2.25 bits per heavy atom. The van der Waals surface area contributed by atoms with E-state index in [9.17, 15) is 9.59 Å². The number of amides is 2. The highest BCUT2D eigenvalue weighted by Crippen LogP contribution is 2.39. The van der Waals surface area contributed by atoms with Gasteiger partial charge in [-0.1, -0.05) is 11.8 Å². The number of anilines is 1. The lowest BCUT2D eigenvalue weighted by Crippen LogP contribution is -2.19. The molecule has 146 valence electrons. The van der Waals surface area contributed by atoms with E-state index in [0.29, 0.717) is 33.9 Å². The van der Waals surface area contributed by atoms with Gasteiger partial charge in [-0.3, -0.25) is 14.2 Å². The molecule has 2 amide bonds. The number of carbonyl (C=O) groups excluding carboxylic acids is 2. The Hall–Kier alpha value is -2.59. The van der Waals surface area contributed by atoms with Crippen LogP contribution in [-0.4, -0.2) is 32.3 Å². The van der Waals surface area contributed by atoms with Crippen molar-refractivity contribution in [3.63, 3.8) is 0 Å². The summed E-state index contributed by atoms with van der Waals surface area (Å²) < 4.78 is 7.29. The maximum Gasteiger partial charge on any atom is 0.251 e. The summed E-state index contributed by atoms with van der Waals surface area (Å²) in [6.45, 7) is 2.63. The van der Waals surface area contributed by atoms with E-state index in [-0.39, 0.29) is 11.7 Å². The largest absolute Gasteiger partial charge is 0.461 e. The molecule has 8 nitrogen and oxygen atoms in total. The number of hydrogen-bond donors (Lipinski definition) is 2. The molecule has 1 aliphatic rings. The Balaban J connectivity index is 1.46. The van der Waals surface area contributed by atoms with Crippen molar-refractivity contribution in [3.8, 4) is 11.6 Å². The molecular weight excluding hydrogens is 398 g/mol. The number of aromatic nitrogens is 3. The van der Waals surface area contributed by atoms with Gasteiger partial charge in [0, 0.05) is 11.4 Å². The van der Waals surface area contributed by atoms with Gasteiger partial charge in [0.25, 0.3) is 5.91 Å². The third-order valence-corrected chi connectivity index (χ3v) is 6.70. The van der Waals surface area contributed by atoms with Gasteiger partial charge in [0.05, 0.1) is 17.6 Å². The molecule has 28 heavy (non-hydrogen) atoms. The average molecular weight is 418 g/mol. The number of fused-ring (bicyclic) bond motifs is 1. The number of nitrogens with zero attached hydrogens (tertiary/aromatic N) is 3. The molecule has 0 radical (unpaired) electrons. The molecule has 0 spiro atoms.